The number of furan rings is 1. The van der Waals surface area contributed by atoms with E-state index in [4.69, 9.17) is 32.4 Å². The molecule has 0 fully saturated rings. The largest absolute Gasteiger partial charge is 0.479 e. The number of aromatic nitrogens is 2. The van der Waals surface area contributed by atoms with Gasteiger partial charge < -0.3 is 14.5 Å². The van der Waals surface area contributed by atoms with Crippen LogP contribution in [0.1, 0.15) is 21.9 Å². The summed E-state index contributed by atoms with van der Waals surface area (Å²) in [5.41, 5.74) is 0.772. The van der Waals surface area contributed by atoms with E-state index in [-0.39, 0.29) is 23.4 Å². The van der Waals surface area contributed by atoms with E-state index in [2.05, 4.69) is 10.4 Å². The number of halogens is 6. The minimum atomic E-state index is -1.68. The smallest absolute Gasteiger partial charge is 0.292 e. The first-order valence-electron chi connectivity index (χ1n) is 9.54. The van der Waals surface area contributed by atoms with E-state index in [1.54, 1.807) is 35.1 Å². The summed E-state index contributed by atoms with van der Waals surface area (Å²) in [6.07, 6.45) is 1.63. The van der Waals surface area contributed by atoms with Crippen molar-refractivity contribution in [2.45, 2.75) is 13.2 Å². The van der Waals surface area contributed by atoms with Gasteiger partial charge in [0.05, 0.1) is 6.54 Å². The quantitative estimate of drug-likeness (QED) is 0.235. The monoisotopic (exact) mass is 513 g/mol. The molecule has 0 spiro atoms. The van der Waals surface area contributed by atoms with E-state index in [9.17, 15) is 22.4 Å². The summed E-state index contributed by atoms with van der Waals surface area (Å²) in [7, 11) is 0. The summed E-state index contributed by atoms with van der Waals surface area (Å²) >= 11 is 12.0. The van der Waals surface area contributed by atoms with E-state index in [1.165, 1.54) is 12.1 Å². The molecule has 4 rings (SSSR count). The molecule has 0 radical (unpaired) electrons. The number of carbonyl (C=O) groups is 1. The predicted octanol–water partition coefficient (Wildman–Crippen LogP) is 6.22. The number of ether oxygens (including phenoxy) is 1. The van der Waals surface area contributed by atoms with Crippen LogP contribution in [0.25, 0.3) is 0 Å². The van der Waals surface area contributed by atoms with Crippen molar-refractivity contribution in [3.05, 3.63) is 99.1 Å². The third kappa shape index (κ3) is 5.18. The molecule has 0 saturated carbocycles. The standard InChI is InChI=1S/C22H13Cl2F4N3O3/c23-12-2-1-11(14(24)7-12)9-31-6-5-18(30-31)29-22(32)17-4-3-13(34-17)10-33-21-19(27)15(25)8-16(26)20(21)28/h1-8H,9-10H2,(H,29,30,32). The number of rotatable bonds is 7. The third-order valence-corrected chi connectivity index (χ3v) is 5.13. The molecule has 176 valence electrons. The Hall–Kier alpha value is -3.50. The van der Waals surface area contributed by atoms with Crippen LogP contribution in [0.15, 0.2) is 53.1 Å². The van der Waals surface area contributed by atoms with Crippen LogP contribution in [0.4, 0.5) is 23.4 Å². The lowest BCUT2D eigenvalue weighted by molar-refractivity contribution is 0.0991. The fourth-order valence-corrected chi connectivity index (χ4v) is 3.39. The van der Waals surface area contributed by atoms with Gasteiger partial charge in [0.1, 0.15) is 12.4 Å². The van der Waals surface area contributed by atoms with Gasteiger partial charge in [-0.05, 0) is 29.8 Å². The van der Waals surface area contributed by atoms with E-state index in [0.29, 0.717) is 16.6 Å². The highest BCUT2D eigenvalue weighted by Gasteiger charge is 2.21. The minimum Gasteiger partial charge on any atom is -0.479 e. The summed E-state index contributed by atoms with van der Waals surface area (Å²) in [5.74, 6) is -8.41. The minimum absolute atomic E-state index is 0.0171. The fraction of sp³-hybridized carbons (Fsp3) is 0.0909. The number of carbonyl (C=O) groups excluding carboxylic acids is 1. The Kier molecular flexibility index (Phi) is 6.80. The van der Waals surface area contributed by atoms with Crippen molar-refractivity contribution in [3.8, 4) is 5.75 Å². The summed E-state index contributed by atoms with van der Waals surface area (Å²) in [6.45, 7) is -0.248. The van der Waals surface area contributed by atoms with Crippen LogP contribution in [0.2, 0.25) is 10.0 Å². The lowest BCUT2D eigenvalue weighted by Gasteiger charge is -2.08. The van der Waals surface area contributed by atoms with Crippen molar-refractivity contribution < 1.29 is 31.5 Å². The van der Waals surface area contributed by atoms with Crippen molar-refractivity contribution in [1.29, 1.82) is 0 Å². The number of benzene rings is 2. The number of amides is 1. The highest BCUT2D eigenvalue weighted by molar-refractivity contribution is 6.35. The van der Waals surface area contributed by atoms with Gasteiger partial charge >= 0.3 is 0 Å². The molecule has 0 aliphatic heterocycles. The van der Waals surface area contributed by atoms with Crippen molar-refractivity contribution in [2.75, 3.05) is 5.32 Å². The normalized spacial score (nSPS) is 11.0. The lowest BCUT2D eigenvalue weighted by atomic mass is 10.2. The first-order chi connectivity index (χ1) is 16.2. The van der Waals surface area contributed by atoms with E-state index in [0.717, 1.165) is 5.56 Å². The Morgan fingerprint density at radius 2 is 1.76 bits per heavy atom. The Bertz CT molecular complexity index is 1350. The van der Waals surface area contributed by atoms with Gasteiger partial charge in [-0.2, -0.15) is 13.9 Å². The number of anilines is 1. The topological polar surface area (TPSA) is 69.3 Å². The van der Waals surface area contributed by atoms with Gasteiger partial charge in [0.15, 0.2) is 29.0 Å². The highest BCUT2D eigenvalue weighted by atomic mass is 35.5. The predicted molar refractivity (Wildman–Crippen MR) is 115 cm³/mol. The van der Waals surface area contributed by atoms with E-state index in [1.807, 2.05) is 0 Å². The highest BCUT2D eigenvalue weighted by Crippen LogP contribution is 2.27. The van der Waals surface area contributed by atoms with E-state index >= 15 is 0 Å². The fourth-order valence-electron chi connectivity index (χ4n) is 2.92. The Morgan fingerprint density at radius 3 is 2.47 bits per heavy atom. The molecule has 1 amide bonds. The van der Waals surface area contributed by atoms with Crippen LogP contribution in [-0.2, 0) is 13.2 Å². The summed E-state index contributed by atoms with van der Waals surface area (Å²) in [5, 5.41) is 7.73. The van der Waals surface area contributed by atoms with Gasteiger partial charge in [-0.1, -0.05) is 29.3 Å². The SMILES string of the molecule is O=C(Nc1ccn(Cc2ccc(Cl)cc2Cl)n1)c1ccc(COc2c(F)c(F)cc(F)c2F)o1. The van der Waals surface area contributed by atoms with Crippen LogP contribution in [0, 0.1) is 23.3 Å². The zero-order valence-electron chi connectivity index (χ0n) is 16.9. The van der Waals surface area contributed by atoms with Gasteiger partial charge in [-0.15, -0.1) is 0 Å². The summed E-state index contributed by atoms with van der Waals surface area (Å²) in [6, 6.07) is 9.28. The van der Waals surface area contributed by atoms with Gasteiger partial charge in [-0.3, -0.25) is 9.48 Å². The maximum atomic E-state index is 13.7. The number of hydrogen-bond donors (Lipinski definition) is 1. The van der Waals surface area contributed by atoms with Crippen LogP contribution in [0.5, 0.6) is 5.75 Å². The molecule has 2 aromatic heterocycles. The van der Waals surface area contributed by atoms with Crippen molar-refractivity contribution >= 4 is 34.9 Å². The molecule has 6 nitrogen and oxygen atoms in total. The molecule has 2 aromatic carbocycles. The molecule has 34 heavy (non-hydrogen) atoms. The maximum Gasteiger partial charge on any atom is 0.292 e. The van der Waals surface area contributed by atoms with Gasteiger partial charge in [0.25, 0.3) is 5.91 Å². The Morgan fingerprint density at radius 1 is 1.03 bits per heavy atom. The average molecular weight is 514 g/mol. The van der Waals surface area contributed by atoms with Gasteiger partial charge in [0, 0.05) is 28.4 Å². The second-order valence-electron chi connectivity index (χ2n) is 6.94. The van der Waals surface area contributed by atoms with Gasteiger partial charge in [0.2, 0.25) is 11.6 Å². The number of nitrogens with zero attached hydrogens (tertiary/aromatic N) is 2. The molecule has 4 aromatic rings. The average Bonchev–Trinajstić information content (AvgIpc) is 3.44. The molecule has 0 aliphatic carbocycles. The summed E-state index contributed by atoms with van der Waals surface area (Å²) < 4.78 is 65.5. The number of nitrogens with one attached hydrogen (secondary N) is 1. The van der Waals surface area contributed by atoms with Crippen molar-refractivity contribution in [1.82, 2.24) is 9.78 Å². The lowest BCUT2D eigenvalue weighted by Crippen LogP contribution is -2.12. The first-order valence-corrected chi connectivity index (χ1v) is 10.3. The second-order valence-corrected chi connectivity index (χ2v) is 7.78. The first kappa shape index (κ1) is 23.7. The Labute approximate surface area is 199 Å². The van der Waals surface area contributed by atoms with Gasteiger partial charge in [-0.25, -0.2) is 8.78 Å². The van der Waals surface area contributed by atoms with Crippen molar-refractivity contribution in [3.63, 3.8) is 0 Å². The van der Waals surface area contributed by atoms with Crippen LogP contribution >= 0.6 is 23.2 Å². The molecule has 0 saturated heterocycles. The zero-order chi connectivity index (χ0) is 24.4. The zero-order valence-corrected chi connectivity index (χ0v) is 18.4. The van der Waals surface area contributed by atoms with Crippen LogP contribution < -0.4 is 10.1 Å². The second kappa shape index (κ2) is 9.78. The molecule has 1 N–H and O–H groups in total. The molecule has 0 unspecified atom stereocenters. The number of hydrogen-bond acceptors (Lipinski definition) is 4. The molecule has 12 heteroatoms. The third-order valence-electron chi connectivity index (χ3n) is 4.55. The maximum absolute atomic E-state index is 13.7. The van der Waals surface area contributed by atoms with Crippen LogP contribution in [0.3, 0.4) is 0 Å². The van der Waals surface area contributed by atoms with E-state index < -0.39 is 41.5 Å². The molecular weight excluding hydrogens is 501 g/mol. The molecule has 0 bridgehead atoms. The Balaban J connectivity index is 1.38. The molecule has 2 heterocycles. The molecule has 0 aliphatic rings. The van der Waals surface area contributed by atoms with Crippen molar-refractivity contribution in [2.24, 2.45) is 0 Å². The molecule has 0 atom stereocenters. The summed E-state index contributed by atoms with van der Waals surface area (Å²) in [4.78, 5) is 12.4. The molecular formula is C22H13Cl2F4N3O3. The van der Waals surface area contributed by atoms with Crippen LogP contribution in [-0.4, -0.2) is 15.7 Å².